The number of anilines is 1. The summed E-state index contributed by atoms with van der Waals surface area (Å²) in [6.07, 6.45) is 6.56. The lowest BCUT2D eigenvalue weighted by molar-refractivity contribution is 0.0312. The molecule has 0 bridgehead atoms. The number of hydrogen-bond acceptors (Lipinski definition) is 5. The number of rotatable bonds is 7. The molecule has 5 nitrogen and oxygen atoms in total. The van der Waals surface area contributed by atoms with Crippen molar-refractivity contribution in [1.29, 1.82) is 0 Å². The number of pyridine rings is 1. The van der Waals surface area contributed by atoms with E-state index >= 15 is 0 Å². The fraction of sp³-hybridized carbons (Fsp3) is 0.688. The average Bonchev–Trinajstić information content (AvgIpc) is 2.46. The second-order valence-corrected chi connectivity index (χ2v) is 5.85. The van der Waals surface area contributed by atoms with Crippen LogP contribution in [-0.2, 0) is 4.74 Å². The van der Waals surface area contributed by atoms with Gasteiger partial charge in [-0.05, 0) is 51.7 Å². The van der Waals surface area contributed by atoms with Crippen molar-refractivity contribution in [2.75, 3.05) is 18.5 Å². The molecule has 1 heterocycles. The number of ether oxygens (including phenoxy) is 2. The van der Waals surface area contributed by atoms with Crippen molar-refractivity contribution in [1.82, 2.24) is 4.98 Å². The van der Waals surface area contributed by atoms with Crippen molar-refractivity contribution in [3.05, 3.63) is 18.3 Å². The Labute approximate surface area is 127 Å². The molecule has 0 amide bonds. The smallest absolute Gasteiger partial charge is 0.168 e. The van der Waals surface area contributed by atoms with E-state index in [1.807, 2.05) is 26.0 Å². The Hall–Kier alpha value is -1.33. The van der Waals surface area contributed by atoms with Crippen molar-refractivity contribution in [3.8, 4) is 5.75 Å². The lowest BCUT2D eigenvalue weighted by Gasteiger charge is -2.26. The minimum atomic E-state index is 0.137. The van der Waals surface area contributed by atoms with E-state index in [4.69, 9.17) is 15.2 Å². The van der Waals surface area contributed by atoms with Crippen molar-refractivity contribution in [3.63, 3.8) is 0 Å². The summed E-state index contributed by atoms with van der Waals surface area (Å²) >= 11 is 0. The fourth-order valence-electron chi connectivity index (χ4n) is 2.52. The molecular weight excluding hydrogens is 266 g/mol. The van der Waals surface area contributed by atoms with Crippen LogP contribution >= 0.6 is 0 Å². The maximum atomic E-state index is 5.89. The minimum Gasteiger partial charge on any atom is -0.487 e. The summed E-state index contributed by atoms with van der Waals surface area (Å²) in [7, 11) is 0. The molecule has 0 saturated heterocycles. The standard InChI is InChI=1S/C16H27N3O2/c1-12(2)21-15-4-3-9-18-16(15)19-10-11-20-14-7-5-13(17)6-8-14/h3-4,9,12-14H,5-8,10-11,17H2,1-2H3,(H,18,19). The van der Waals surface area contributed by atoms with E-state index in [0.29, 0.717) is 18.8 Å². The van der Waals surface area contributed by atoms with Gasteiger partial charge >= 0.3 is 0 Å². The summed E-state index contributed by atoms with van der Waals surface area (Å²) in [5.41, 5.74) is 5.89. The summed E-state index contributed by atoms with van der Waals surface area (Å²) in [5, 5.41) is 3.28. The van der Waals surface area contributed by atoms with E-state index < -0.39 is 0 Å². The molecule has 5 heteroatoms. The molecule has 2 rings (SSSR count). The third kappa shape index (κ3) is 5.52. The maximum absolute atomic E-state index is 5.89. The molecule has 0 radical (unpaired) electrons. The number of nitrogens with two attached hydrogens (primary N) is 1. The third-order valence-electron chi connectivity index (χ3n) is 3.60. The molecule has 0 unspecified atom stereocenters. The minimum absolute atomic E-state index is 0.137. The second kappa shape index (κ2) is 8.20. The summed E-state index contributed by atoms with van der Waals surface area (Å²) in [5.74, 6) is 1.57. The van der Waals surface area contributed by atoms with Crippen LogP contribution in [0.15, 0.2) is 18.3 Å². The zero-order valence-electron chi connectivity index (χ0n) is 13.0. The van der Waals surface area contributed by atoms with Gasteiger partial charge in [0.15, 0.2) is 11.6 Å². The number of nitrogens with one attached hydrogen (secondary N) is 1. The van der Waals surface area contributed by atoms with Gasteiger partial charge in [-0.3, -0.25) is 0 Å². The van der Waals surface area contributed by atoms with Crippen LogP contribution in [0.1, 0.15) is 39.5 Å². The van der Waals surface area contributed by atoms with Gasteiger partial charge in [-0.25, -0.2) is 4.98 Å². The number of nitrogens with zero attached hydrogens (tertiary/aromatic N) is 1. The van der Waals surface area contributed by atoms with Gasteiger partial charge in [0.1, 0.15) is 0 Å². The summed E-state index contributed by atoms with van der Waals surface area (Å²) in [6.45, 7) is 5.42. The summed E-state index contributed by atoms with van der Waals surface area (Å²) in [4.78, 5) is 4.32. The van der Waals surface area contributed by atoms with Crippen molar-refractivity contribution in [2.24, 2.45) is 5.73 Å². The predicted octanol–water partition coefficient (Wildman–Crippen LogP) is 2.57. The van der Waals surface area contributed by atoms with E-state index in [1.165, 1.54) is 0 Å². The van der Waals surface area contributed by atoms with E-state index in [-0.39, 0.29) is 6.10 Å². The maximum Gasteiger partial charge on any atom is 0.168 e. The number of hydrogen-bond donors (Lipinski definition) is 2. The molecule has 21 heavy (non-hydrogen) atoms. The van der Waals surface area contributed by atoms with Crippen molar-refractivity contribution < 1.29 is 9.47 Å². The molecule has 1 aromatic heterocycles. The average molecular weight is 293 g/mol. The molecule has 0 atom stereocenters. The molecule has 0 spiro atoms. The lowest BCUT2D eigenvalue weighted by Crippen LogP contribution is -2.31. The Balaban J connectivity index is 1.71. The normalized spacial score (nSPS) is 22.3. The summed E-state index contributed by atoms with van der Waals surface area (Å²) in [6, 6.07) is 4.18. The topological polar surface area (TPSA) is 69.4 Å². The zero-order valence-corrected chi connectivity index (χ0v) is 13.0. The van der Waals surface area contributed by atoms with Crippen LogP contribution in [0.5, 0.6) is 5.75 Å². The van der Waals surface area contributed by atoms with Gasteiger partial charge in [0.2, 0.25) is 0 Å². The molecule has 1 aromatic rings. The molecule has 1 aliphatic carbocycles. The lowest BCUT2D eigenvalue weighted by atomic mass is 9.94. The van der Waals surface area contributed by atoms with Crippen LogP contribution in [0.3, 0.4) is 0 Å². The molecule has 1 aliphatic rings. The van der Waals surface area contributed by atoms with E-state index in [0.717, 1.165) is 43.8 Å². The Bertz CT molecular complexity index is 418. The van der Waals surface area contributed by atoms with E-state index in [2.05, 4.69) is 10.3 Å². The van der Waals surface area contributed by atoms with Crippen LogP contribution in [0, 0.1) is 0 Å². The highest BCUT2D eigenvalue weighted by Gasteiger charge is 2.18. The SMILES string of the molecule is CC(C)Oc1cccnc1NCCOC1CCC(N)CC1. The first-order valence-electron chi connectivity index (χ1n) is 7.88. The van der Waals surface area contributed by atoms with E-state index in [1.54, 1.807) is 6.20 Å². The van der Waals surface area contributed by atoms with Crippen LogP contribution < -0.4 is 15.8 Å². The predicted molar refractivity (Wildman–Crippen MR) is 84.7 cm³/mol. The van der Waals surface area contributed by atoms with Gasteiger partial charge < -0.3 is 20.5 Å². The second-order valence-electron chi connectivity index (χ2n) is 5.85. The van der Waals surface area contributed by atoms with Gasteiger partial charge in [-0.2, -0.15) is 0 Å². The monoisotopic (exact) mass is 293 g/mol. The van der Waals surface area contributed by atoms with Gasteiger partial charge in [0.05, 0.1) is 18.8 Å². The Morgan fingerprint density at radius 3 is 2.81 bits per heavy atom. The Morgan fingerprint density at radius 2 is 2.10 bits per heavy atom. The van der Waals surface area contributed by atoms with Crippen molar-refractivity contribution >= 4 is 5.82 Å². The first-order valence-corrected chi connectivity index (χ1v) is 7.88. The molecule has 1 saturated carbocycles. The van der Waals surface area contributed by atoms with Gasteiger partial charge in [-0.15, -0.1) is 0 Å². The highest BCUT2D eigenvalue weighted by Crippen LogP contribution is 2.22. The van der Waals surface area contributed by atoms with Crippen molar-refractivity contribution in [2.45, 2.75) is 57.8 Å². The fourth-order valence-corrected chi connectivity index (χ4v) is 2.52. The van der Waals surface area contributed by atoms with Gasteiger partial charge in [-0.1, -0.05) is 0 Å². The first kappa shape index (κ1) is 16.0. The van der Waals surface area contributed by atoms with E-state index in [9.17, 15) is 0 Å². The van der Waals surface area contributed by atoms with Crippen LogP contribution in [0.2, 0.25) is 0 Å². The molecule has 1 fully saturated rings. The largest absolute Gasteiger partial charge is 0.487 e. The quantitative estimate of drug-likeness (QED) is 0.756. The molecule has 118 valence electrons. The first-order chi connectivity index (χ1) is 10.1. The third-order valence-corrected chi connectivity index (χ3v) is 3.60. The molecule has 0 aliphatic heterocycles. The Morgan fingerprint density at radius 1 is 1.33 bits per heavy atom. The highest BCUT2D eigenvalue weighted by atomic mass is 16.5. The van der Waals surface area contributed by atoms with Crippen LogP contribution in [0.25, 0.3) is 0 Å². The zero-order chi connectivity index (χ0) is 15.1. The molecule has 3 N–H and O–H groups in total. The number of aromatic nitrogens is 1. The van der Waals surface area contributed by atoms with Crippen LogP contribution in [0.4, 0.5) is 5.82 Å². The molecular formula is C16H27N3O2. The molecule has 0 aromatic carbocycles. The summed E-state index contributed by atoms with van der Waals surface area (Å²) < 4.78 is 11.6. The highest BCUT2D eigenvalue weighted by molar-refractivity contribution is 5.49. The van der Waals surface area contributed by atoms with Gasteiger partial charge in [0, 0.05) is 18.8 Å². The van der Waals surface area contributed by atoms with Crippen LogP contribution in [-0.4, -0.2) is 36.4 Å². The Kier molecular flexibility index (Phi) is 6.26. The van der Waals surface area contributed by atoms with Gasteiger partial charge in [0.25, 0.3) is 0 Å².